The van der Waals surface area contributed by atoms with Crippen molar-refractivity contribution in [3.05, 3.63) is 63.5 Å². The van der Waals surface area contributed by atoms with Gasteiger partial charge in [-0.1, -0.05) is 35.8 Å². The van der Waals surface area contributed by atoms with Crippen LogP contribution in [0.4, 0.5) is 5.69 Å². The van der Waals surface area contributed by atoms with Crippen LogP contribution in [0.2, 0.25) is 0 Å². The van der Waals surface area contributed by atoms with E-state index in [1.54, 1.807) is 43.5 Å². The second-order valence-corrected chi connectivity index (χ2v) is 6.39. The number of ether oxygens (including phenoxy) is 2. The fourth-order valence-corrected chi connectivity index (χ4v) is 2.96. The highest BCUT2D eigenvalue weighted by molar-refractivity contribution is 6.50. The van der Waals surface area contributed by atoms with Gasteiger partial charge in [0.2, 0.25) is 5.82 Å². The number of hydrogen-bond donors (Lipinski definition) is 0. The minimum Gasteiger partial charge on any atom is -0.493 e. The van der Waals surface area contributed by atoms with Crippen LogP contribution in [0.3, 0.4) is 0 Å². The molecule has 0 radical (unpaired) electrons. The molecule has 0 fully saturated rings. The highest BCUT2D eigenvalue weighted by Gasteiger charge is 2.16. The van der Waals surface area contributed by atoms with Crippen LogP contribution < -0.4 is 9.47 Å². The van der Waals surface area contributed by atoms with E-state index in [2.05, 4.69) is 10.1 Å². The first-order valence-corrected chi connectivity index (χ1v) is 9.05. The van der Waals surface area contributed by atoms with E-state index in [-0.39, 0.29) is 16.6 Å². The van der Waals surface area contributed by atoms with E-state index >= 15 is 0 Å². The Labute approximate surface area is 171 Å². The Morgan fingerprint density at radius 1 is 1.21 bits per heavy atom. The average Bonchev–Trinajstić information content (AvgIpc) is 3.23. The van der Waals surface area contributed by atoms with Crippen LogP contribution in [-0.4, -0.2) is 29.3 Å². The molecular formula is C20H18ClN3O5. The fraction of sp³-hybridized carbons (Fsp3) is 0.200. The quantitative estimate of drug-likeness (QED) is 0.397. The third kappa shape index (κ3) is 4.38. The van der Waals surface area contributed by atoms with Crippen LogP contribution in [0.1, 0.15) is 23.9 Å². The molecule has 3 aromatic rings. The van der Waals surface area contributed by atoms with Crippen LogP contribution in [-0.2, 0) is 6.42 Å². The number of benzene rings is 2. The van der Waals surface area contributed by atoms with Crippen LogP contribution >= 0.6 is 11.6 Å². The summed E-state index contributed by atoms with van der Waals surface area (Å²) in [7, 11) is 3.08. The molecule has 0 N–H and O–H groups in total. The van der Waals surface area contributed by atoms with Crippen molar-refractivity contribution in [2.75, 3.05) is 14.2 Å². The highest BCUT2D eigenvalue weighted by atomic mass is 35.5. The first kappa shape index (κ1) is 20.3. The van der Waals surface area contributed by atoms with Gasteiger partial charge in [-0.25, -0.2) is 0 Å². The minimum absolute atomic E-state index is 0.0438. The largest absolute Gasteiger partial charge is 0.493 e. The number of methoxy groups -OCH3 is 2. The van der Waals surface area contributed by atoms with Crippen LogP contribution in [0, 0.1) is 10.1 Å². The lowest BCUT2D eigenvalue weighted by atomic mass is 10.1. The Kier molecular flexibility index (Phi) is 6.13. The van der Waals surface area contributed by atoms with Crippen LogP contribution in [0.25, 0.3) is 22.5 Å². The zero-order valence-corrected chi connectivity index (χ0v) is 16.8. The zero-order chi connectivity index (χ0) is 21.0. The molecule has 1 aromatic heterocycles. The number of halogens is 1. The van der Waals surface area contributed by atoms with Gasteiger partial charge >= 0.3 is 0 Å². The first-order chi connectivity index (χ1) is 14.0. The number of hydrogen-bond acceptors (Lipinski definition) is 7. The summed E-state index contributed by atoms with van der Waals surface area (Å²) in [5.74, 6) is 1.52. The van der Waals surface area contributed by atoms with Gasteiger partial charge in [0.15, 0.2) is 11.5 Å². The Balaban J connectivity index is 1.90. The number of nitro benzene ring substituents is 1. The molecule has 0 spiro atoms. The van der Waals surface area contributed by atoms with Crippen molar-refractivity contribution >= 4 is 28.4 Å². The number of nitro groups is 1. The van der Waals surface area contributed by atoms with E-state index in [0.29, 0.717) is 40.4 Å². The van der Waals surface area contributed by atoms with Crippen molar-refractivity contribution in [2.45, 2.75) is 13.3 Å². The number of nitrogens with zero attached hydrogens (tertiary/aromatic N) is 3. The second kappa shape index (κ2) is 8.74. The van der Waals surface area contributed by atoms with Gasteiger partial charge in [-0.3, -0.25) is 10.1 Å². The lowest BCUT2D eigenvalue weighted by Crippen LogP contribution is -1.94. The molecule has 0 aliphatic heterocycles. The van der Waals surface area contributed by atoms with Gasteiger partial charge in [-0.05, 0) is 36.3 Å². The van der Waals surface area contributed by atoms with Gasteiger partial charge in [0.25, 0.3) is 11.6 Å². The molecule has 0 aliphatic carbocycles. The molecule has 0 bridgehead atoms. The molecule has 0 saturated heterocycles. The lowest BCUT2D eigenvalue weighted by Gasteiger charge is -2.07. The summed E-state index contributed by atoms with van der Waals surface area (Å²) in [5.41, 5.74) is 1.91. The van der Waals surface area contributed by atoms with Gasteiger partial charge in [0.1, 0.15) is 5.03 Å². The third-order valence-corrected chi connectivity index (χ3v) is 4.52. The number of rotatable bonds is 7. The normalized spacial score (nSPS) is 11.4. The van der Waals surface area contributed by atoms with E-state index in [1.165, 1.54) is 13.2 Å². The molecule has 150 valence electrons. The molecule has 0 unspecified atom stereocenters. The molecule has 2 aromatic carbocycles. The van der Waals surface area contributed by atoms with Gasteiger partial charge < -0.3 is 14.0 Å². The van der Waals surface area contributed by atoms with Crippen LogP contribution in [0.15, 0.2) is 40.9 Å². The molecular weight excluding hydrogens is 398 g/mol. The Morgan fingerprint density at radius 2 is 1.97 bits per heavy atom. The summed E-state index contributed by atoms with van der Waals surface area (Å²) < 4.78 is 15.7. The number of aryl methyl sites for hydroxylation is 1. The van der Waals surface area contributed by atoms with Gasteiger partial charge in [0.05, 0.1) is 19.1 Å². The highest BCUT2D eigenvalue weighted by Crippen LogP contribution is 2.32. The molecule has 1 heterocycles. The maximum Gasteiger partial charge on any atom is 0.273 e. The molecule has 8 nitrogen and oxygen atoms in total. The van der Waals surface area contributed by atoms with Crippen molar-refractivity contribution < 1.29 is 18.9 Å². The Hall–Kier alpha value is -3.39. The lowest BCUT2D eigenvalue weighted by molar-refractivity contribution is -0.385. The van der Waals surface area contributed by atoms with Crippen molar-refractivity contribution in [1.82, 2.24) is 10.1 Å². The summed E-state index contributed by atoms with van der Waals surface area (Å²) in [6, 6.07) is 10.1. The zero-order valence-electron chi connectivity index (χ0n) is 16.0. The van der Waals surface area contributed by atoms with Gasteiger partial charge in [-0.15, -0.1) is 0 Å². The molecule has 29 heavy (non-hydrogen) atoms. The van der Waals surface area contributed by atoms with Gasteiger partial charge in [0, 0.05) is 17.2 Å². The summed E-state index contributed by atoms with van der Waals surface area (Å²) in [6.45, 7) is 1.86. The van der Waals surface area contributed by atoms with Crippen molar-refractivity contribution in [3.63, 3.8) is 0 Å². The van der Waals surface area contributed by atoms with Crippen molar-refractivity contribution in [1.29, 1.82) is 0 Å². The number of aromatic nitrogens is 2. The summed E-state index contributed by atoms with van der Waals surface area (Å²) >= 11 is 6.30. The monoisotopic (exact) mass is 415 g/mol. The SMILES string of the molecule is CCc1ccc(/C=C(\Cl)c2nc(-c3ccc(OC)c(OC)c3)no2)cc1[N+](=O)[O-]. The molecule has 0 saturated carbocycles. The second-order valence-electron chi connectivity index (χ2n) is 5.98. The Bertz CT molecular complexity index is 1080. The van der Waals surface area contributed by atoms with Gasteiger partial charge in [-0.2, -0.15) is 4.98 Å². The van der Waals surface area contributed by atoms with E-state index in [4.69, 9.17) is 25.6 Å². The summed E-state index contributed by atoms with van der Waals surface area (Å²) in [4.78, 5) is 15.1. The summed E-state index contributed by atoms with van der Waals surface area (Å²) in [6.07, 6.45) is 2.10. The maximum absolute atomic E-state index is 11.2. The first-order valence-electron chi connectivity index (χ1n) is 8.67. The maximum atomic E-state index is 11.2. The molecule has 0 amide bonds. The average molecular weight is 416 g/mol. The smallest absolute Gasteiger partial charge is 0.273 e. The van der Waals surface area contributed by atoms with Crippen molar-refractivity contribution in [3.8, 4) is 22.9 Å². The predicted molar refractivity (Wildman–Crippen MR) is 109 cm³/mol. The van der Waals surface area contributed by atoms with E-state index in [1.807, 2.05) is 6.92 Å². The van der Waals surface area contributed by atoms with E-state index in [9.17, 15) is 10.1 Å². The standard InChI is InChI=1S/C20H18ClN3O5/c1-4-13-6-5-12(10-16(13)24(25)26)9-15(21)20-22-19(23-29-20)14-7-8-17(27-2)18(11-14)28-3/h5-11H,4H2,1-3H3/b15-9-. The molecule has 0 atom stereocenters. The molecule has 0 aliphatic rings. The van der Waals surface area contributed by atoms with Crippen molar-refractivity contribution in [2.24, 2.45) is 0 Å². The predicted octanol–water partition coefficient (Wildman–Crippen LogP) is 4.96. The minimum atomic E-state index is -0.411. The van der Waals surface area contributed by atoms with E-state index in [0.717, 1.165) is 0 Å². The third-order valence-electron chi connectivity index (χ3n) is 4.25. The molecule has 3 rings (SSSR count). The topological polar surface area (TPSA) is 101 Å². The Morgan fingerprint density at radius 3 is 2.62 bits per heavy atom. The summed E-state index contributed by atoms with van der Waals surface area (Å²) in [5, 5.41) is 15.3. The molecule has 9 heteroatoms. The van der Waals surface area contributed by atoms with Crippen LogP contribution in [0.5, 0.6) is 11.5 Å². The van der Waals surface area contributed by atoms with E-state index < -0.39 is 4.92 Å². The fourth-order valence-electron chi connectivity index (χ4n) is 2.76.